The van der Waals surface area contributed by atoms with Crippen LogP contribution in [0.3, 0.4) is 0 Å². The Labute approximate surface area is 175 Å². The highest BCUT2D eigenvalue weighted by Gasteiger charge is 2.27. The Hall–Kier alpha value is -1.79. The Morgan fingerprint density at radius 3 is 2.34 bits per heavy atom. The molecule has 1 atom stereocenters. The molecule has 0 radical (unpaired) electrons. The Morgan fingerprint density at radius 2 is 1.76 bits per heavy atom. The van der Waals surface area contributed by atoms with E-state index in [2.05, 4.69) is 36.2 Å². The van der Waals surface area contributed by atoms with Crippen molar-refractivity contribution in [1.82, 2.24) is 15.1 Å². The van der Waals surface area contributed by atoms with Gasteiger partial charge in [-0.15, -0.1) is 0 Å². The first-order valence-electron chi connectivity index (χ1n) is 11.1. The van der Waals surface area contributed by atoms with E-state index < -0.39 is 0 Å². The summed E-state index contributed by atoms with van der Waals surface area (Å²) in [5.74, 6) is 1.26. The summed E-state index contributed by atoms with van der Waals surface area (Å²) in [4.78, 5) is 16.6. The molecule has 162 valence electrons. The highest BCUT2D eigenvalue weighted by Crippen LogP contribution is 2.23. The molecule has 1 unspecified atom stereocenters. The number of hydrogen-bond acceptors (Lipinski definition) is 5. The minimum absolute atomic E-state index is 0.166. The zero-order chi connectivity index (χ0) is 20.6. The fraction of sp³-hybridized carbons (Fsp3) is 0.696. The van der Waals surface area contributed by atoms with Crippen LogP contribution in [0, 0.1) is 5.92 Å². The minimum atomic E-state index is -0.166. The molecule has 1 aromatic carbocycles. The molecule has 0 bridgehead atoms. The second kappa shape index (κ2) is 10.8. The van der Waals surface area contributed by atoms with Gasteiger partial charge in [-0.25, -0.2) is 4.79 Å². The fourth-order valence-corrected chi connectivity index (χ4v) is 4.16. The summed E-state index contributed by atoms with van der Waals surface area (Å²) >= 11 is 0. The number of nitrogens with one attached hydrogen (secondary N) is 1. The smallest absolute Gasteiger partial charge is 0.409 e. The number of methoxy groups -OCH3 is 1. The summed E-state index contributed by atoms with van der Waals surface area (Å²) in [7, 11) is 1.70. The first-order chi connectivity index (χ1) is 14.0. The van der Waals surface area contributed by atoms with Crippen molar-refractivity contribution in [2.75, 3.05) is 46.4 Å². The third-order valence-corrected chi connectivity index (χ3v) is 5.89. The van der Waals surface area contributed by atoms with Crippen molar-refractivity contribution >= 4 is 6.09 Å². The molecule has 0 aromatic heterocycles. The zero-order valence-corrected chi connectivity index (χ0v) is 18.2. The lowest BCUT2D eigenvalue weighted by atomic mass is 10.0. The molecule has 6 nitrogen and oxygen atoms in total. The molecule has 6 heteroatoms. The van der Waals surface area contributed by atoms with Crippen LogP contribution in [0.4, 0.5) is 4.79 Å². The predicted molar refractivity (Wildman–Crippen MR) is 115 cm³/mol. The predicted octanol–water partition coefficient (Wildman–Crippen LogP) is 3.68. The molecule has 2 aliphatic heterocycles. The van der Waals surface area contributed by atoms with E-state index in [4.69, 9.17) is 9.47 Å². The van der Waals surface area contributed by atoms with Gasteiger partial charge in [0.2, 0.25) is 0 Å². The molecule has 2 heterocycles. The van der Waals surface area contributed by atoms with Crippen molar-refractivity contribution in [3.8, 4) is 5.75 Å². The maximum absolute atomic E-state index is 12.2. The van der Waals surface area contributed by atoms with E-state index in [0.717, 1.165) is 38.2 Å². The summed E-state index contributed by atoms with van der Waals surface area (Å²) in [6.45, 7) is 9.53. The molecular formula is C23H37N3O3. The third kappa shape index (κ3) is 6.61. The van der Waals surface area contributed by atoms with Gasteiger partial charge in [0.1, 0.15) is 5.75 Å². The van der Waals surface area contributed by atoms with Crippen LogP contribution in [0.2, 0.25) is 0 Å². The molecule has 0 aliphatic carbocycles. The number of amides is 1. The van der Waals surface area contributed by atoms with Gasteiger partial charge in [-0.05, 0) is 62.4 Å². The van der Waals surface area contributed by atoms with Crippen LogP contribution in [0.25, 0.3) is 0 Å². The maximum Gasteiger partial charge on any atom is 0.409 e. The van der Waals surface area contributed by atoms with Gasteiger partial charge in [0.25, 0.3) is 0 Å². The first kappa shape index (κ1) is 21.9. The largest absolute Gasteiger partial charge is 0.497 e. The number of rotatable bonds is 8. The molecule has 3 rings (SSSR count). The molecular weight excluding hydrogens is 366 g/mol. The van der Waals surface area contributed by atoms with Crippen LogP contribution in [0.15, 0.2) is 24.3 Å². The van der Waals surface area contributed by atoms with Crippen molar-refractivity contribution in [2.24, 2.45) is 5.92 Å². The number of ether oxygens (including phenoxy) is 2. The second-order valence-electron chi connectivity index (χ2n) is 8.73. The van der Waals surface area contributed by atoms with Crippen molar-refractivity contribution in [2.45, 2.75) is 51.6 Å². The minimum Gasteiger partial charge on any atom is -0.497 e. The summed E-state index contributed by atoms with van der Waals surface area (Å²) < 4.78 is 10.7. The molecule has 2 fully saturated rings. The summed E-state index contributed by atoms with van der Waals surface area (Å²) in [6.07, 6.45) is 4.35. The van der Waals surface area contributed by atoms with Gasteiger partial charge in [-0.3, -0.25) is 0 Å². The number of benzene rings is 1. The monoisotopic (exact) mass is 403 g/mol. The van der Waals surface area contributed by atoms with E-state index >= 15 is 0 Å². The van der Waals surface area contributed by atoms with Gasteiger partial charge in [0.15, 0.2) is 0 Å². The molecule has 1 N–H and O–H groups in total. The number of carbonyl (C=O) groups excluding carboxylic acids is 1. The Morgan fingerprint density at radius 1 is 1.10 bits per heavy atom. The fourth-order valence-electron chi connectivity index (χ4n) is 4.16. The summed E-state index contributed by atoms with van der Waals surface area (Å²) in [6, 6.07) is 9.14. The van der Waals surface area contributed by atoms with Gasteiger partial charge in [0, 0.05) is 31.7 Å². The van der Waals surface area contributed by atoms with E-state index in [1.165, 1.54) is 31.5 Å². The lowest BCUT2D eigenvalue weighted by Gasteiger charge is -2.35. The molecule has 2 aliphatic rings. The van der Waals surface area contributed by atoms with Crippen molar-refractivity contribution in [3.63, 3.8) is 0 Å². The topological polar surface area (TPSA) is 54.0 Å². The summed E-state index contributed by atoms with van der Waals surface area (Å²) in [5.41, 5.74) is 1.30. The van der Waals surface area contributed by atoms with Gasteiger partial charge >= 0.3 is 6.09 Å². The lowest BCUT2D eigenvalue weighted by molar-refractivity contribution is 0.0806. The summed E-state index contributed by atoms with van der Waals surface area (Å²) in [5, 5.41) is 3.89. The van der Waals surface area contributed by atoms with Crippen LogP contribution in [-0.4, -0.2) is 68.4 Å². The first-order valence-corrected chi connectivity index (χ1v) is 11.1. The Balaban J connectivity index is 1.55. The highest BCUT2D eigenvalue weighted by molar-refractivity contribution is 5.67. The van der Waals surface area contributed by atoms with Gasteiger partial charge < -0.3 is 24.6 Å². The number of carbonyl (C=O) groups is 1. The quantitative estimate of drug-likeness (QED) is 0.718. The van der Waals surface area contributed by atoms with Crippen molar-refractivity contribution < 1.29 is 14.3 Å². The molecule has 0 saturated carbocycles. The van der Waals surface area contributed by atoms with Crippen LogP contribution in [-0.2, 0) is 4.74 Å². The average molecular weight is 404 g/mol. The van der Waals surface area contributed by atoms with Crippen LogP contribution >= 0.6 is 0 Å². The number of likely N-dealkylation sites (tertiary alicyclic amines) is 2. The van der Waals surface area contributed by atoms with E-state index in [1.807, 2.05) is 17.0 Å². The Kier molecular flexibility index (Phi) is 8.19. The van der Waals surface area contributed by atoms with E-state index in [1.54, 1.807) is 7.11 Å². The van der Waals surface area contributed by atoms with Crippen LogP contribution in [0.5, 0.6) is 5.75 Å². The standard InChI is InChI=1S/C23H37N3O3/c1-18(2)17-29-23(27)26-14-10-20(11-15-26)24-22(16-25-12-4-5-13-25)19-6-8-21(28-3)9-7-19/h6-9,18,20,22,24H,4-5,10-17H2,1-3H3. The maximum atomic E-state index is 12.2. The van der Waals surface area contributed by atoms with E-state index in [0.29, 0.717) is 24.6 Å². The van der Waals surface area contributed by atoms with Crippen molar-refractivity contribution in [1.29, 1.82) is 0 Å². The van der Waals surface area contributed by atoms with E-state index in [9.17, 15) is 4.79 Å². The SMILES string of the molecule is COc1ccc(C(CN2CCCC2)NC2CCN(C(=O)OCC(C)C)CC2)cc1. The molecule has 0 spiro atoms. The second-order valence-corrected chi connectivity index (χ2v) is 8.73. The highest BCUT2D eigenvalue weighted by atomic mass is 16.6. The van der Waals surface area contributed by atoms with Crippen LogP contribution in [0.1, 0.15) is 51.1 Å². The molecule has 1 aromatic rings. The lowest BCUT2D eigenvalue weighted by Crippen LogP contribution is -2.47. The zero-order valence-electron chi connectivity index (χ0n) is 18.2. The van der Waals surface area contributed by atoms with Gasteiger partial charge in [0.05, 0.1) is 13.7 Å². The third-order valence-electron chi connectivity index (χ3n) is 5.89. The molecule has 1 amide bonds. The normalized spacial score (nSPS) is 19.5. The van der Waals surface area contributed by atoms with Crippen LogP contribution < -0.4 is 10.1 Å². The van der Waals surface area contributed by atoms with E-state index in [-0.39, 0.29) is 6.09 Å². The average Bonchev–Trinajstić information content (AvgIpc) is 3.25. The number of nitrogens with zero attached hydrogens (tertiary/aromatic N) is 2. The van der Waals surface area contributed by atoms with Crippen molar-refractivity contribution in [3.05, 3.63) is 29.8 Å². The van der Waals surface area contributed by atoms with Gasteiger partial charge in [-0.1, -0.05) is 26.0 Å². The molecule has 2 saturated heterocycles. The number of hydrogen-bond donors (Lipinski definition) is 1. The number of piperidine rings is 1. The van der Waals surface area contributed by atoms with Gasteiger partial charge in [-0.2, -0.15) is 0 Å². The Bertz CT molecular complexity index is 621. The molecule has 29 heavy (non-hydrogen) atoms.